The van der Waals surface area contributed by atoms with E-state index in [1.165, 1.54) is 23.5 Å². The Morgan fingerprint density at radius 2 is 1.80 bits per heavy atom. The van der Waals surface area contributed by atoms with Crippen molar-refractivity contribution < 1.29 is 19.1 Å². The molecule has 0 aliphatic carbocycles. The van der Waals surface area contributed by atoms with E-state index in [2.05, 4.69) is 5.43 Å². The lowest BCUT2D eigenvalue weighted by atomic mass is 10.1. The number of thiophene rings is 1. The molecule has 8 heteroatoms. The number of nitrogens with one attached hydrogen (secondary N) is 1. The van der Waals surface area contributed by atoms with Gasteiger partial charge < -0.3 is 5.11 Å². The van der Waals surface area contributed by atoms with Crippen LogP contribution in [0.15, 0.2) is 60.7 Å². The first-order chi connectivity index (χ1) is 14.4. The topological polar surface area (TPSA) is 71.3 Å². The van der Waals surface area contributed by atoms with Crippen LogP contribution in [-0.4, -0.2) is 21.7 Å². The number of hydrogen-bond donors (Lipinski definition) is 2. The number of carboxylic acids is 1. The average molecular weight is 443 g/mol. The van der Waals surface area contributed by atoms with Gasteiger partial charge in [0.25, 0.3) is 5.91 Å². The van der Waals surface area contributed by atoms with Crippen LogP contribution in [0.4, 0.5) is 4.39 Å². The molecule has 0 radical (unpaired) electrons. The lowest BCUT2D eigenvalue weighted by Crippen LogP contribution is -2.25. The molecule has 0 atom stereocenters. The van der Waals surface area contributed by atoms with Gasteiger partial charge in [-0.1, -0.05) is 29.8 Å². The molecule has 0 fully saturated rings. The first kappa shape index (κ1) is 20.1. The van der Waals surface area contributed by atoms with Gasteiger partial charge in [-0.2, -0.15) is 0 Å². The van der Waals surface area contributed by atoms with Gasteiger partial charge in [0.05, 0.1) is 17.1 Å². The lowest BCUT2D eigenvalue weighted by Gasteiger charge is -2.14. The molecule has 0 spiro atoms. The number of nitrogens with zero attached hydrogens (tertiary/aromatic N) is 1. The highest BCUT2D eigenvalue weighted by atomic mass is 35.5. The molecule has 0 unspecified atom stereocenters. The summed E-state index contributed by atoms with van der Waals surface area (Å²) >= 11 is 7.71. The Kier molecular flexibility index (Phi) is 5.57. The van der Waals surface area contributed by atoms with Crippen molar-refractivity contribution in [3.05, 3.63) is 82.1 Å². The molecule has 1 amide bonds. The molecule has 0 aliphatic heterocycles. The second kappa shape index (κ2) is 8.30. The van der Waals surface area contributed by atoms with E-state index in [4.69, 9.17) is 16.7 Å². The summed E-state index contributed by atoms with van der Waals surface area (Å²) in [4.78, 5) is 24.4. The van der Waals surface area contributed by atoms with Crippen molar-refractivity contribution in [2.75, 3.05) is 5.43 Å². The van der Waals surface area contributed by atoms with Gasteiger partial charge >= 0.3 is 5.97 Å². The quantitative estimate of drug-likeness (QED) is 0.410. The Morgan fingerprint density at radius 3 is 2.50 bits per heavy atom. The number of halogens is 2. The van der Waals surface area contributed by atoms with E-state index in [-0.39, 0.29) is 18.7 Å². The van der Waals surface area contributed by atoms with Crippen molar-refractivity contribution in [1.82, 2.24) is 4.68 Å². The third-order valence-corrected chi connectivity index (χ3v) is 6.33. The number of aryl methyl sites for hydroxylation is 1. The van der Waals surface area contributed by atoms with Crippen LogP contribution in [0.3, 0.4) is 0 Å². The minimum atomic E-state index is -0.940. The van der Waals surface area contributed by atoms with Gasteiger partial charge in [-0.25, -0.2) is 4.39 Å². The highest BCUT2D eigenvalue weighted by Gasteiger charge is 2.20. The molecule has 4 aromatic rings. The Morgan fingerprint density at radius 1 is 1.07 bits per heavy atom. The van der Waals surface area contributed by atoms with Crippen molar-refractivity contribution in [2.24, 2.45) is 0 Å². The molecule has 0 bridgehead atoms. The minimum absolute atomic E-state index is 0.0909. The number of hydrogen-bond acceptors (Lipinski definition) is 3. The van der Waals surface area contributed by atoms with Crippen molar-refractivity contribution >= 4 is 44.9 Å². The van der Waals surface area contributed by atoms with E-state index >= 15 is 0 Å². The maximum atomic E-state index is 13.3. The second-order valence-corrected chi connectivity index (χ2v) is 8.06. The van der Waals surface area contributed by atoms with Crippen LogP contribution in [0, 0.1) is 5.82 Å². The molecule has 5 nitrogen and oxygen atoms in total. The molecular formula is C22H16ClFN2O3S. The third-order valence-electron chi connectivity index (χ3n) is 4.65. The number of aromatic nitrogens is 1. The van der Waals surface area contributed by atoms with Crippen molar-refractivity contribution in [3.63, 3.8) is 0 Å². The molecule has 0 aliphatic rings. The first-order valence-corrected chi connectivity index (χ1v) is 10.3. The largest absolute Gasteiger partial charge is 0.481 e. The molecule has 2 aromatic heterocycles. The summed E-state index contributed by atoms with van der Waals surface area (Å²) in [6.45, 7) is 0. The fourth-order valence-corrected chi connectivity index (χ4v) is 4.61. The van der Waals surface area contributed by atoms with Crippen molar-refractivity contribution in [1.29, 1.82) is 0 Å². The van der Waals surface area contributed by atoms with Gasteiger partial charge in [0.1, 0.15) is 10.7 Å². The number of fused-ring (bicyclic) bond motifs is 1. The molecule has 152 valence electrons. The van der Waals surface area contributed by atoms with Gasteiger partial charge in [0.15, 0.2) is 0 Å². The van der Waals surface area contributed by atoms with Gasteiger partial charge in [0, 0.05) is 27.8 Å². The number of carbonyl (C=O) groups excluding carboxylic acids is 1. The zero-order valence-corrected chi connectivity index (χ0v) is 17.1. The number of benzene rings is 2. The Labute approximate surface area is 180 Å². The Bertz CT molecular complexity index is 1250. The van der Waals surface area contributed by atoms with Crippen LogP contribution in [0.5, 0.6) is 0 Å². The van der Waals surface area contributed by atoms with Crippen molar-refractivity contribution in [3.8, 4) is 11.3 Å². The summed E-state index contributed by atoms with van der Waals surface area (Å²) in [7, 11) is 0. The van der Waals surface area contributed by atoms with Crippen LogP contribution in [0.25, 0.3) is 21.3 Å². The minimum Gasteiger partial charge on any atom is -0.481 e. The van der Waals surface area contributed by atoms with E-state index in [0.29, 0.717) is 26.9 Å². The average Bonchev–Trinajstić information content (AvgIpc) is 3.28. The summed E-state index contributed by atoms with van der Waals surface area (Å²) in [6, 6.07) is 16.8. The summed E-state index contributed by atoms with van der Waals surface area (Å²) in [5, 5.41) is 10.2. The van der Waals surface area contributed by atoms with Crippen LogP contribution in [0.2, 0.25) is 5.02 Å². The van der Waals surface area contributed by atoms with E-state index in [0.717, 1.165) is 10.1 Å². The normalized spacial score (nSPS) is 11.0. The summed E-state index contributed by atoms with van der Waals surface area (Å²) in [6.07, 6.45) is 0.128. The number of rotatable bonds is 6. The molecule has 2 aromatic carbocycles. The predicted octanol–water partition coefficient (Wildman–Crippen LogP) is 5.56. The number of aliphatic carboxylic acids is 1. The third kappa shape index (κ3) is 3.94. The molecule has 2 heterocycles. The number of amides is 1. The lowest BCUT2D eigenvalue weighted by molar-refractivity contribution is -0.136. The molecular weight excluding hydrogens is 427 g/mol. The van der Waals surface area contributed by atoms with Crippen LogP contribution < -0.4 is 5.43 Å². The fraction of sp³-hybridized carbons (Fsp3) is 0.0909. The number of carbonyl (C=O) groups is 2. The molecule has 4 rings (SSSR count). The smallest absolute Gasteiger partial charge is 0.303 e. The van der Waals surface area contributed by atoms with Crippen molar-refractivity contribution in [2.45, 2.75) is 12.8 Å². The Hall–Kier alpha value is -3.16. The summed E-state index contributed by atoms with van der Waals surface area (Å²) in [5.74, 6) is -1.72. The van der Waals surface area contributed by atoms with Gasteiger partial charge in [-0.05, 0) is 42.5 Å². The van der Waals surface area contributed by atoms with E-state index in [1.807, 2.05) is 24.3 Å². The first-order valence-electron chi connectivity index (χ1n) is 9.11. The zero-order chi connectivity index (χ0) is 21.3. The summed E-state index contributed by atoms with van der Waals surface area (Å²) in [5.41, 5.74) is 4.74. The zero-order valence-electron chi connectivity index (χ0n) is 15.6. The van der Waals surface area contributed by atoms with Crippen LogP contribution >= 0.6 is 22.9 Å². The molecule has 0 saturated heterocycles. The maximum Gasteiger partial charge on any atom is 0.303 e. The number of carboxylic acid groups (broad SMARTS) is 1. The van der Waals surface area contributed by atoms with E-state index in [1.54, 1.807) is 28.9 Å². The molecule has 0 saturated carbocycles. The van der Waals surface area contributed by atoms with Crippen LogP contribution in [0.1, 0.15) is 21.8 Å². The monoisotopic (exact) mass is 442 g/mol. The highest BCUT2D eigenvalue weighted by molar-refractivity contribution is 7.21. The summed E-state index contributed by atoms with van der Waals surface area (Å²) < 4.78 is 15.8. The molecule has 30 heavy (non-hydrogen) atoms. The maximum absolute atomic E-state index is 13.3. The predicted molar refractivity (Wildman–Crippen MR) is 116 cm³/mol. The van der Waals surface area contributed by atoms with Gasteiger partial charge in [-0.15, -0.1) is 11.3 Å². The van der Waals surface area contributed by atoms with E-state index in [9.17, 15) is 14.0 Å². The van der Waals surface area contributed by atoms with Crippen LogP contribution in [-0.2, 0) is 11.2 Å². The highest BCUT2D eigenvalue weighted by Crippen LogP contribution is 2.35. The SMILES string of the molecule is O=C(O)CCc1ccc(-c2ccc(F)cc2)n1NC(=O)c1sc2ccccc2c1Cl. The second-order valence-electron chi connectivity index (χ2n) is 6.63. The van der Waals surface area contributed by atoms with Gasteiger partial charge in [-0.3, -0.25) is 19.7 Å². The Balaban J connectivity index is 1.72. The van der Waals surface area contributed by atoms with E-state index < -0.39 is 11.9 Å². The molecule has 2 N–H and O–H groups in total. The standard InChI is InChI=1S/C22H16ClFN2O3S/c23-20-16-3-1-2-4-18(16)30-21(20)22(29)25-26-15(10-12-19(27)28)9-11-17(26)13-5-7-14(24)8-6-13/h1-9,11H,10,12H2,(H,25,29)(H,27,28). The fourth-order valence-electron chi connectivity index (χ4n) is 3.20. The van der Waals surface area contributed by atoms with Gasteiger partial charge in [0.2, 0.25) is 0 Å².